The SMILES string of the molecule is C[C@@H]1CN(c2cc(=O)n(C)c3ncccc23)C[C@H](CN2CC(c3ccc(N4CC(C)(N)C4)cc3)C2)O1. The molecule has 3 saturated heterocycles. The van der Waals surface area contributed by atoms with Gasteiger partial charge in [0.15, 0.2) is 0 Å². The van der Waals surface area contributed by atoms with E-state index in [0.717, 1.165) is 62.5 Å². The molecule has 0 bridgehead atoms. The molecule has 2 aromatic heterocycles. The lowest BCUT2D eigenvalue weighted by Gasteiger charge is -2.47. The average molecular weight is 489 g/mol. The van der Waals surface area contributed by atoms with Crippen LogP contribution in [0.2, 0.25) is 0 Å². The number of hydrogen-bond donors (Lipinski definition) is 1. The number of hydrogen-bond acceptors (Lipinski definition) is 7. The van der Waals surface area contributed by atoms with Crippen LogP contribution >= 0.6 is 0 Å². The summed E-state index contributed by atoms with van der Waals surface area (Å²) in [7, 11) is 1.78. The van der Waals surface area contributed by atoms with Crippen molar-refractivity contribution in [2.24, 2.45) is 12.8 Å². The van der Waals surface area contributed by atoms with Crippen molar-refractivity contribution in [2.45, 2.75) is 37.5 Å². The zero-order valence-electron chi connectivity index (χ0n) is 21.4. The van der Waals surface area contributed by atoms with E-state index in [2.05, 4.69) is 57.8 Å². The molecule has 5 heterocycles. The van der Waals surface area contributed by atoms with Crippen LogP contribution in [-0.2, 0) is 11.8 Å². The molecule has 36 heavy (non-hydrogen) atoms. The Hall–Kier alpha value is -2.94. The number of nitrogens with two attached hydrogens (primary N) is 1. The Bertz CT molecular complexity index is 1310. The summed E-state index contributed by atoms with van der Waals surface area (Å²) in [6, 6.07) is 14.8. The first kappa shape index (κ1) is 23.5. The molecule has 1 aromatic carbocycles. The summed E-state index contributed by atoms with van der Waals surface area (Å²) >= 11 is 0. The standard InChI is InChI=1S/C28H36N6O2/c1-19-12-33(25-11-26(35)31(3)27-24(25)5-4-10-30-27)16-23(36-19)15-32-13-21(14-32)20-6-8-22(9-7-20)34-17-28(2,29)18-34/h4-11,19,21,23H,12-18,29H2,1-3H3/t19-,23+/m1/s1. The summed E-state index contributed by atoms with van der Waals surface area (Å²) < 4.78 is 7.95. The molecule has 3 aliphatic heterocycles. The van der Waals surface area contributed by atoms with Gasteiger partial charge >= 0.3 is 0 Å². The molecule has 2 N–H and O–H groups in total. The highest BCUT2D eigenvalue weighted by Gasteiger charge is 2.36. The Labute approximate surface area is 212 Å². The number of ether oxygens (including phenoxy) is 1. The van der Waals surface area contributed by atoms with Crippen molar-refractivity contribution in [1.29, 1.82) is 0 Å². The van der Waals surface area contributed by atoms with Gasteiger partial charge in [-0.15, -0.1) is 0 Å². The molecule has 2 atom stereocenters. The lowest BCUT2D eigenvalue weighted by molar-refractivity contribution is -0.0434. The van der Waals surface area contributed by atoms with Gasteiger partial charge in [0.1, 0.15) is 5.65 Å². The first-order valence-electron chi connectivity index (χ1n) is 13.0. The first-order valence-corrected chi connectivity index (χ1v) is 13.0. The van der Waals surface area contributed by atoms with Gasteiger partial charge in [-0.1, -0.05) is 12.1 Å². The number of rotatable bonds is 5. The van der Waals surface area contributed by atoms with Crippen LogP contribution in [0.3, 0.4) is 0 Å². The fraction of sp³-hybridized carbons (Fsp3) is 0.500. The van der Waals surface area contributed by atoms with Crippen molar-refractivity contribution in [3.8, 4) is 0 Å². The molecule has 0 spiro atoms. The number of anilines is 2. The zero-order chi connectivity index (χ0) is 25.0. The van der Waals surface area contributed by atoms with Gasteiger partial charge in [-0.05, 0) is 43.7 Å². The van der Waals surface area contributed by atoms with Crippen LogP contribution in [-0.4, -0.2) is 78.0 Å². The number of morpholine rings is 1. The van der Waals surface area contributed by atoms with Gasteiger partial charge in [-0.2, -0.15) is 0 Å². The normalized spacial score (nSPS) is 24.6. The maximum Gasteiger partial charge on any atom is 0.253 e. The van der Waals surface area contributed by atoms with Crippen molar-refractivity contribution >= 4 is 22.4 Å². The van der Waals surface area contributed by atoms with Gasteiger partial charge in [-0.25, -0.2) is 4.98 Å². The highest BCUT2D eigenvalue weighted by Crippen LogP contribution is 2.32. The van der Waals surface area contributed by atoms with Crippen LogP contribution in [0.1, 0.15) is 25.3 Å². The molecule has 6 rings (SSSR count). The molecule has 0 saturated carbocycles. The first-order chi connectivity index (χ1) is 17.3. The molecule has 0 amide bonds. The molecule has 0 radical (unpaired) electrons. The Balaban J connectivity index is 1.08. The largest absolute Gasteiger partial charge is 0.370 e. The second-order valence-corrected chi connectivity index (χ2v) is 11.3. The Morgan fingerprint density at radius 2 is 1.83 bits per heavy atom. The monoisotopic (exact) mass is 488 g/mol. The zero-order valence-corrected chi connectivity index (χ0v) is 21.4. The van der Waals surface area contributed by atoms with Crippen molar-refractivity contribution in [2.75, 3.05) is 55.6 Å². The van der Waals surface area contributed by atoms with Gasteiger partial charge in [-0.3, -0.25) is 14.3 Å². The maximum atomic E-state index is 12.6. The van der Waals surface area contributed by atoms with Crippen molar-refractivity contribution in [3.05, 3.63) is 64.6 Å². The molecule has 0 aliphatic carbocycles. The van der Waals surface area contributed by atoms with E-state index in [1.165, 1.54) is 11.3 Å². The van der Waals surface area contributed by atoms with E-state index in [4.69, 9.17) is 10.5 Å². The third kappa shape index (κ3) is 4.38. The fourth-order valence-corrected chi connectivity index (χ4v) is 6.05. The molecule has 3 aliphatic rings. The topological polar surface area (TPSA) is 79.9 Å². The smallest absolute Gasteiger partial charge is 0.253 e. The van der Waals surface area contributed by atoms with Crippen LogP contribution in [0, 0.1) is 0 Å². The van der Waals surface area contributed by atoms with Gasteiger partial charge in [0.25, 0.3) is 5.56 Å². The lowest BCUT2D eigenvalue weighted by atomic mass is 9.89. The number of fused-ring (bicyclic) bond motifs is 1. The molecule has 190 valence electrons. The molecule has 0 unspecified atom stereocenters. The predicted octanol–water partition coefficient (Wildman–Crippen LogP) is 2.16. The second-order valence-electron chi connectivity index (χ2n) is 11.3. The van der Waals surface area contributed by atoms with Gasteiger partial charge in [0, 0.05) is 87.7 Å². The van der Waals surface area contributed by atoms with Crippen molar-refractivity contribution in [3.63, 3.8) is 0 Å². The van der Waals surface area contributed by atoms with E-state index in [1.54, 1.807) is 23.9 Å². The van der Waals surface area contributed by atoms with E-state index < -0.39 is 0 Å². The predicted molar refractivity (Wildman–Crippen MR) is 144 cm³/mol. The summed E-state index contributed by atoms with van der Waals surface area (Å²) in [4.78, 5) is 24.2. The lowest BCUT2D eigenvalue weighted by Crippen LogP contribution is -2.65. The fourth-order valence-electron chi connectivity index (χ4n) is 6.05. The number of likely N-dealkylation sites (tertiary alicyclic amines) is 1. The van der Waals surface area contributed by atoms with E-state index in [9.17, 15) is 4.79 Å². The molecular formula is C28H36N6O2. The highest BCUT2D eigenvalue weighted by molar-refractivity contribution is 5.89. The summed E-state index contributed by atoms with van der Waals surface area (Å²) in [5.41, 5.74) is 10.4. The number of pyridine rings is 2. The van der Waals surface area contributed by atoms with E-state index in [1.807, 2.05) is 12.1 Å². The van der Waals surface area contributed by atoms with E-state index >= 15 is 0 Å². The summed E-state index contributed by atoms with van der Waals surface area (Å²) in [5.74, 6) is 0.569. The van der Waals surface area contributed by atoms with Crippen LogP contribution < -0.4 is 21.1 Å². The minimum absolute atomic E-state index is 0.0327. The van der Waals surface area contributed by atoms with Crippen LogP contribution in [0.4, 0.5) is 11.4 Å². The summed E-state index contributed by atoms with van der Waals surface area (Å²) in [5, 5.41) is 1.01. The Morgan fingerprint density at radius 3 is 2.56 bits per heavy atom. The number of nitrogens with zero attached hydrogens (tertiary/aromatic N) is 5. The van der Waals surface area contributed by atoms with Crippen LogP contribution in [0.15, 0.2) is 53.5 Å². The van der Waals surface area contributed by atoms with Crippen molar-refractivity contribution in [1.82, 2.24) is 14.5 Å². The minimum atomic E-state index is -0.0545. The average Bonchev–Trinajstić information content (AvgIpc) is 2.82. The molecule has 3 fully saturated rings. The molecule has 3 aromatic rings. The summed E-state index contributed by atoms with van der Waals surface area (Å²) in [6.07, 6.45) is 1.94. The van der Waals surface area contributed by atoms with Crippen LogP contribution in [0.25, 0.3) is 11.0 Å². The molecule has 8 nitrogen and oxygen atoms in total. The highest BCUT2D eigenvalue weighted by atomic mass is 16.5. The maximum absolute atomic E-state index is 12.6. The van der Waals surface area contributed by atoms with Gasteiger partial charge in [0.05, 0.1) is 17.9 Å². The second kappa shape index (κ2) is 8.87. The molecule has 8 heteroatoms. The third-order valence-corrected chi connectivity index (χ3v) is 7.89. The number of benzene rings is 1. The van der Waals surface area contributed by atoms with Crippen molar-refractivity contribution < 1.29 is 4.74 Å². The molecular weight excluding hydrogens is 452 g/mol. The van der Waals surface area contributed by atoms with Gasteiger partial charge < -0.3 is 20.3 Å². The van der Waals surface area contributed by atoms with Crippen LogP contribution in [0.5, 0.6) is 0 Å². The van der Waals surface area contributed by atoms with E-state index in [0.29, 0.717) is 5.92 Å². The minimum Gasteiger partial charge on any atom is -0.370 e. The Morgan fingerprint density at radius 1 is 1.08 bits per heavy atom. The third-order valence-electron chi connectivity index (χ3n) is 7.89. The number of aromatic nitrogens is 2. The van der Waals surface area contributed by atoms with E-state index in [-0.39, 0.29) is 23.3 Å². The van der Waals surface area contributed by atoms with Gasteiger partial charge in [0.2, 0.25) is 0 Å². The quantitative estimate of drug-likeness (QED) is 0.590. The summed E-state index contributed by atoms with van der Waals surface area (Å²) in [6.45, 7) is 10.6. The number of aryl methyl sites for hydroxylation is 1. The Kier molecular flexibility index (Phi) is 5.78.